The number of nitrogens with one attached hydrogen (secondary N) is 1. The molecule has 0 saturated carbocycles. The van der Waals surface area contributed by atoms with Crippen molar-refractivity contribution in [3.63, 3.8) is 0 Å². The first-order chi connectivity index (χ1) is 7.77. The fourth-order valence-electron chi connectivity index (χ4n) is 1.70. The Bertz CT molecular complexity index is 304. The van der Waals surface area contributed by atoms with Crippen molar-refractivity contribution in [2.75, 3.05) is 19.8 Å². The summed E-state index contributed by atoms with van der Waals surface area (Å²) in [6.45, 7) is 6.62. The van der Waals surface area contributed by atoms with E-state index in [9.17, 15) is 0 Å². The minimum atomic E-state index is 0.329. The van der Waals surface area contributed by atoms with Crippen LogP contribution in [0.2, 0.25) is 5.02 Å². The van der Waals surface area contributed by atoms with E-state index in [-0.39, 0.29) is 0 Å². The van der Waals surface area contributed by atoms with Crippen molar-refractivity contribution in [2.45, 2.75) is 26.3 Å². The Morgan fingerprint density at radius 2 is 2.19 bits per heavy atom. The molecule has 1 unspecified atom stereocenters. The molecule has 0 bridgehead atoms. The molecular weight excluding hydrogens is 222 g/mol. The van der Waals surface area contributed by atoms with Gasteiger partial charge in [0.15, 0.2) is 0 Å². The van der Waals surface area contributed by atoms with Gasteiger partial charge < -0.3 is 10.1 Å². The molecule has 1 N–H and O–H groups in total. The Kier molecular flexibility index (Phi) is 6.46. The van der Waals surface area contributed by atoms with Crippen molar-refractivity contribution < 1.29 is 4.74 Å². The predicted molar refractivity (Wildman–Crippen MR) is 69.0 cm³/mol. The van der Waals surface area contributed by atoms with Gasteiger partial charge in [-0.15, -0.1) is 0 Å². The molecule has 0 heterocycles. The fraction of sp³-hybridized carbons (Fsp3) is 0.538. The molecule has 0 saturated heterocycles. The molecule has 1 aromatic rings. The minimum absolute atomic E-state index is 0.329. The first-order valence-corrected chi connectivity index (χ1v) is 6.22. The Morgan fingerprint density at radius 1 is 1.38 bits per heavy atom. The Hall–Kier alpha value is -0.570. The highest BCUT2D eigenvalue weighted by Gasteiger charge is 2.09. The molecule has 0 radical (unpaired) electrons. The van der Waals surface area contributed by atoms with E-state index < -0.39 is 0 Å². The number of hydrogen-bond donors (Lipinski definition) is 1. The second-order valence-corrected chi connectivity index (χ2v) is 4.09. The molecule has 1 aromatic carbocycles. The second-order valence-electron chi connectivity index (χ2n) is 3.65. The molecule has 2 nitrogen and oxygen atoms in total. The van der Waals surface area contributed by atoms with E-state index in [1.807, 2.05) is 25.1 Å². The van der Waals surface area contributed by atoms with Crippen LogP contribution in [0.25, 0.3) is 0 Å². The van der Waals surface area contributed by atoms with Crippen LogP contribution in [-0.4, -0.2) is 19.8 Å². The quantitative estimate of drug-likeness (QED) is 0.739. The van der Waals surface area contributed by atoms with Crippen LogP contribution in [0.5, 0.6) is 0 Å². The van der Waals surface area contributed by atoms with Crippen LogP contribution >= 0.6 is 11.6 Å². The fourth-order valence-corrected chi connectivity index (χ4v) is 1.90. The lowest BCUT2D eigenvalue weighted by molar-refractivity contribution is 0.136. The van der Waals surface area contributed by atoms with Gasteiger partial charge in [-0.2, -0.15) is 0 Å². The van der Waals surface area contributed by atoms with Crippen LogP contribution in [-0.2, 0) is 4.74 Å². The molecule has 0 aliphatic carbocycles. The van der Waals surface area contributed by atoms with Gasteiger partial charge in [-0.05, 0) is 37.6 Å². The largest absolute Gasteiger partial charge is 0.382 e. The highest BCUT2D eigenvalue weighted by Crippen LogP contribution is 2.20. The molecule has 16 heavy (non-hydrogen) atoms. The number of benzene rings is 1. The highest BCUT2D eigenvalue weighted by molar-refractivity contribution is 6.30. The van der Waals surface area contributed by atoms with E-state index in [1.165, 1.54) is 5.56 Å². The van der Waals surface area contributed by atoms with Crippen LogP contribution in [0.3, 0.4) is 0 Å². The van der Waals surface area contributed by atoms with E-state index >= 15 is 0 Å². The van der Waals surface area contributed by atoms with Crippen LogP contribution in [0, 0.1) is 0 Å². The molecule has 90 valence electrons. The monoisotopic (exact) mass is 241 g/mol. The topological polar surface area (TPSA) is 21.3 Å². The highest BCUT2D eigenvalue weighted by atomic mass is 35.5. The summed E-state index contributed by atoms with van der Waals surface area (Å²) in [6, 6.07) is 8.33. The number of halogens is 1. The lowest BCUT2D eigenvalue weighted by atomic mass is 10.0. The zero-order valence-electron chi connectivity index (χ0n) is 10.0. The zero-order valence-corrected chi connectivity index (χ0v) is 10.8. The summed E-state index contributed by atoms with van der Waals surface area (Å²) in [5.74, 6) is 0. The summed E-state index contributed by atoms with van der Waals surface area (Å²) in [7, 11) is 0. The summed E-state index contributed by atoms with van der Waals surface area (Å²) in [6.07, 6.45) is 0.974. The van der Waals surface area contributed by atoms with E-state index in [0.717, 1.165) is 31.2 Å². The molecule has 0 aliphatic rings. The zero-order chi connectivity index (χ0) is 11.8. The number of hydrogen-bond acceptors (Lipinski definition) is 2. The van der Waals surface area contributed by atoms with Crippen molar-refractivity contribution in [2.24, 2.45) is 0 Å². The lowest BCUT2D eigenvalue weighted by Gasteiger charge is -2.18. The molecule has 0 fully saturated rings. The summed E-state index contributed by atoms with van der Waals surface area (Å²) < 4.78 is 5.39. The minimum Gasteiger partial charge on any atom is -0.382 e. The average Bonchev–Trinajstić information content (AvgIpc) is 2.28. The molecule has 1 rings (SSSR count). The maximum atomic E-state index is 5.99. The van der Waals surface area contributed by atoms with Gasteiger partial charge in [-0.3, -0.25) is 0 Å². The van der Waals surface area contributed by atoms with Gasteiger partial charge in [-0.1, -0.05) is 30.7 Å². The average molecular weight is 242 g/mol. The molecule has 0 amide bonds. The van der Waals surface area contributed by atoms with Gasteiger partial charge in [0.1, 0.15) is 0 Å². The van der Waals surface area contributed by atoms with Gasteiger partial charge >= 0.3 is 0 Å². The molecule has 1 atom stereocenters. The SMILES string of the molecule is CCNC(CCOCC)c1cccc(Cl)c1. The normalized spacial score (nSPS) is 12.7. The van der Waals surface area contributed by atoms with Gasteiger partial charge in [0, 0.05) is 24.3 Å². The van der Waals surface area contributed by atoms with Gasteiger partial charge in [0.25, 0.3) is 0 Å². The van der Waals surface area contributed by atoms with Crippen molar-refractivity contribution in [3.8, 4) is 0 Å². The Morgan fingerprint density at radius 3 is 2.81 bits per heavy atom. The third kappa shape index (κ3) is 4.52. The predicted octanol–water partition coefficient (Wildman–Crippen LogP) is 3.42. The van der Waals surface area contributed by atoms with E-state index in [2.05, 4.69) is 18.3 Å². The van der Waals surface area contributed by atoms with E-state index in [4.69, 9.17) is 16.3 Å². The number of ether oxygens (including phenoxy) is 1. The molecule has 3 heteroatoms. The molecular formula is C13H20ClNO. The van der Waals surface area contributed by atoms with Crippen LogP contribution in [0.1, 0.15) is 31.9 Å². The van der Waals surface area contributed by atoms with Crippen molar-refractivity contribution in [3.05, 3.63) is 34.9 Å². The molecule has 0 spiro atoms. The van der Waals surface area contributed by atoms with Gasteiger partial charge in [0.2, 0.25) is 0 Å². The summed E-state index contributed by atoms with van der Waals surface area (Å²) in [5.41, 5.74) is 1.23. The van der Waals surface area contributed by atoms with Crippen LogP contribution < -0.4 is 5.32 Å². The van der Waals surface area contributed by atoms with E-state index in [0.29, 0.717) is 6.04 Å². The first kappa shape index (κ1) is 13.5. The van der Waals surface area contributed by atoms with Crippen LogP contribution in [0.4, 0.5) is 0 Å². The van der Waals surface area contributed by atoms with Crippen molar-refractivity contribution in [1.29, 1.82) is 0 Å². The van der Waals surface area contributed by atoms with E-state index in [1.54, 1.807) is 0 Å². The number of rotatable bonds is 7. The third-order valence-corrected chi connectivity index (χ3v) is 2.69. The summed E-state index contributed by atoms with van der Waals surface area (Å²) in [4.78, 5) is 0. The molecule has 0 aliphatic heterocycles. The maximum absolute atomic E-state index is 5.99. The second kappa shape index (κ2) is 7.66. The molecule has 0 aromatic heterocycles. The smallest absolute Gasteiger partial charge is 0.0484 e. The van der Waals surface area contributed by atoms with Crippen LogP contribution in [0.15, 0.2) is 24.3 Å². The lowest BCUT2D eigenvalue weighted by Crippen LogP contribution is -2.22. The van der Waals surface area contributed by atoms with Crippen molar-refractivity contribution in [1.82, 2.24) is 5.32 Å². The third-order valence-electron chi connectivity index (χ3n) is 2.46. The Balaban J connectivity index is 2.61. The Labute approximate surface area is 103 Å². The summed E-state index contributed by atoms with van der Waals surface area (Å²) >= 11 is 5.99. The van der Waals surface area contributed by atoms with Gasteiger partial charge in [0.05, 0.1) is 0 Å². The summed E-state index contributed by atoms with van der Waals surface area (Å²) in [5, 5.41) is 4.24. The van der Waals surface area contributed by atoms with Gasteiger partial charge in [-0.25, -0.2) is 0 Å². The standard InChI is InChI=1S/C13H20ClNO/c1-3-15-13(8-9-16-4-2)11-6-5-7-12(14)10-11/h5-7,10,13,15H,3-4,8-9H2,1-2H3. The first-order valence-electron chi connectivity index (χ1n) is 5.84. The maximum Gasteiger partial charge on any atom is 0.0484 e. The van der Waals surface area contributed by atoms with Crippen molar-refractivity contribution >= 4 is 11.6 Å².